The van der Waals surface area contributed by atoms with Gasteiger partial charge in [0.1, 0.15) is 5.01 Å². The average molecular weight is 428 g/mol. The minimum Gasteiger partial charge on any atom is -0.370 e. The number of alkyl halides is 3. The minimum absolute atomic E-state index is 0. The molecular formula is C12H12F3IN4S. The molecule has 0 saturated heterocycles. The van der Waals surface area contributed by atoms with Crippen LogP contribution in [0.1, 0.15) is 10.7 Å². The molecule has 0 amide bonds. The molecule has 0 unspecified atom stereocenters. The van der Waals surface area contributed by atoms with E-state index in [1.807, 2.05) is 18.2 Å². The van der Waals surface area contributed by atoms with Gasteiger partial charge in [-0.3, -0.25) is 0 Å². The zero-order valence-corrected chi connectivity index (χ0v) is 13.7. The number of nitrogens with two attached hydrogens (primary N) is 1. The van der Waals surface area contributed by atoms with Gasteiger partial charge in [-0.05, 0) is 12.1 Å². The Morgan fingerprint density at radius 3 is 2.52 bits per heavy atom. The Balaban J connectivity index is 0.00000220. The number of hydrogen-bond acceptors (Lipinski definition) is 3. The number of halogens is 4. The van der Waals surface area contributed by atoms with Crippen LogP contribution in [-0.2, 0) is 12.7 Å². The molecule has 0 radical (unpaired) electrons. The molecular weight excluding hydrogens is 416 g/mol. The SMILES string of the molecule is I.NC(=NCc1nc(C(F)(F)F)cs1)Nc1ccccc1. The number of thiazole rings is 1. The number of aromatic nitrogens is 1. The number of rotatable bonds is 3. The third kappa shape index (κ3) is 5.50. The molecule has 1 aromatic heterocycles. The van der Waals surface area contributed by atoms with E-state index in [4.69, 9.17) is 5.73 Å². The van der Waals surface area contributed by atoms with Gasteiger partial charge in [0, 0.05) is 11.1 Å². The summed E-state index contributed by atoms with van der Waals surface area (Å²) in [6.45, 7) is 0.00636. The third-order valence-electron chi connectivity index (χ3n) is 2.27. The first-order valence-electron chi connectivity index (χ1n) is 5.59. The number of aliphatic imine (C=N–C) groups is 1. The summed E-state index contributed by atoms with van der Waals surface area (Å²) >= 11 is 0.903. The smallest absolute Gasteiger partial charge is 0.370 e. The van der Waals surface area contributed by atoms with Gasteiger partial charge in [-0.15, -0.1) is 35.3 Å². The molecule has 4 nitrogen and oxygen atoms in total. The predicted octanol–water partition coefficient (Wildman–Crippen LogP) is 3.71. The Morgan fingerprint density at radius 1 is 1.29 bits per heavy atom. The van der Waals surface area contributed by atoms with Crippen molar-refractivity contribution in [2.24, 2.45) is 10.7 Å². The number of anilines is 1. The van der Waals surface area contributed by atoms with Gasteiger partial charge in [0.2, 0.25) is 0 Å². The maximum Gasteiger partial charge on any atom is 0.434 e. The molecule has 1 heterocycles. The fourth-order valence-corrected chi connectivity index (χ4v) is 2.10. The summed E-state index contributed by atoms with van der Waals surface area (Å²) in [6, 6.07) is 9.10. The van der Waals surface area contributed by atoms with Crippen LogP contribution in [0.5, 0.6) is 0 Å². The molecule has 0 aliphatic carbocycles. The molecule has 3 N–H and O–H groups in total. The van der Waals surface area contributed by atoms with E-state index in [-0.39, 0.29) is 41.5 Å². The quantitative estimate of drug-likeness (QED) is 0.445. The van der Waals surface area contributed by atoms with E-state index < -0.39 is 11.9 Å². The molecule has 0 spiro atoms. The van der Waals surface area contributed by atoms with Crippen LogP contribution in [0.2, 0.25) is 0 Å². The van der Waals surface area contributed by atoms with Crippen molar-refractivity contribution in [3.05, 3.63) is 46.4 Å². The zero-order chi connectivity index (χ0) is 14.6. The lowest BCUT2D eigenvalue weighted by Crippen LogP contribution is -2.22. The van der Waals surface area contributed by atoms with Crippen LogP contribution >= 0.6 is 35.3 Å². The van der Waals surface area contributed by atoms with E-state index in [2.05, 4.69) is 15.3 Å². The largest absolute Gasteiger partial charge is 0.434 e. The molecule has 2 rings (SSSR count). The highest BCUT2D eigenvalue weighted by Crippen LogP contribution is 2.30. The van der Waals surface area contributed by atoms with E-state index in [0.29, 0.717) is 0 Å². The van der Waals surface area contributed by atoms with Crippen molar-refractivity contribution in [2.75, 3.05) is 5.32 Å². The standard InChI is InChI=1S/C12H11F3N4S.HI/c13-12(14,15)9-7-20-10(19-9)6-17-11(16)18-8-4-2-1-3-5-8;/h1-5,7H,6H2,(H3,16,17,18);1H. The number of para-hydroxylation sites is 1. The average Bonchev–Trinajstić information content (AvgIpc) is 2.86. The second kappa shape index (κ2) is 7.59. The van der Waals surface area contributed by atoms with Gasteiger partial charge >= 0.3 is 6.18 Å². The maximum atomic E-state index is 12.4. The molecule has 0 bridgehead atoms. The summed E-state index contributed by atoms with van der Waals surface area (Å²) in [5, 5.41) is 4.05. The van der Waals surface area contributed by atoms with Crippen LogP contribution < -0.4 is 11.1 Å². The molecule has 1 aromatic carbocycles. The van der Waals surface area contributed by atoms with Crippen LogP contribution in [-0.4, -0.2) is 10.9 Å². The van der Waals surface area contributed by atoms with Crippen molar-refractivity contribution in [2.45, 2.75) is 12.7 Å². The number of guanidine groups is 1. The lowest BCUT2D eigenvalue weighted by molar-refractivity contribution is -0.140. The maximum absolute atomic E-state index is 12.4. The Morgan fingerprint density at radius 2 is 1.95 bits per heavy atom. The van der Waals surface area contributed by atoms with E-state index in [0.717, 1.165) is 22.4 Å². The van der Waals surface area contributed by atoms with E-state index in [1.165, 1.54) is 0 Å². The number of nitrogens with one attached hydrogen (secondary N) is 1. The van der Waals surface area contributed by atoms with Crippen molar-refractivity contribution in [3.63, 3.8) is 0 Å². The van der Waals surface area contributed by atoms with Gasteiger partial charge in [-0.25, -0.2) is 9.98 Å². The lowest BCUT2D eigenvalue weighted by atomic mass is 10.3. The number of nitrogens with zero attached hydrogens (tertiary/aromatic N) is 2. The first-order valence-corrected chi connectivity index (χ1v) is 6.47. The summed E-state index contributed by atoms with van der Waals surface area (Å²) in [7, 11) is 0. The Hall–Kier alpha value is -1.36. The normalized spacial score (nSPS) is 11.9. The lowest BCUT2D eigenvalue weighted by Gasteiger charge is -2.04. The second-order valence-corrected chi connectivity index (χ2v) is 4.76. The van der Waals surface area contributed by atoms with Crippen LogP contribution in [0.25, 0.3) is 0 Å². The number of hydrogen-bond donors (Lipinski definition) is 2. The van der Waals surface area contributed by atoms with Crippen molar-refractivity contribution in [1.82, 2.24) is 4.98 Å². The molecule has 0 saturated carbocycles. The van der Waals surface area contributed by atoms with Gasteiger partial charge < -0.3 is 11.1 Å². The minimum atomic E-state index is -4.42. The van der Waals surface area contributed by atoms with E-state index in [1.54, 1.807) is 12.1 Å². The van der Waals surface area contributed by atoms with Crippen molar-refractivity contribution < 1.29 is 13.2 Å². The van der Waals surface area contributed by atoms with Crippen molar-refractivity contribution in [1.29, 1.82) is 0 Å². The highest BCUT2D eigenvalue weighted by atomic mass is 127. The van der Waals surface area contributed by atoms with Crippen LogP contribution in [0.15, 0.2) is 40.7 Å². The van der Waals surface area contributed by atoms with Crippen LogP contribution in [0, 0.1) is 0 Å². The monoisotopic (exact) mass is 428 g/mol. The molecule has 0 fully saturated rings. The van der Waals surface area contributed by atoms with Gasteiger partial charge in [0.05, 0.1) is 6.54 Å². The summed E-state index contributed by atoms with van der Waals surface area (Å²) in [4.78, 5) is 7.41. The van der Waals surface area contributed by atoms with Crippen molar-refractivity contribution >= 4 is 47.0 Å². The van der Waals surface area contributed by atoms with Gasteiger partial charge in [0.15, 0.2) is 11.7 Å². The summed E-state index contributed by atoms with van der Waals surface area (Å²) in [5.74, 6) is 0.125. The fraction of sp³-hybridized carbons (Fsp3) is 0.167. The molecule has 2 aromatic rings. The number of benzene rings is 1. The molecule has 21 heavy (non-hydrogen) atoms. The Bertz CT molecular complexity index is 598. The van der Waals surface area contributed by atoms with Crippen LogP contribution in [0.4, 0.5) is 18.9 Å². The molecule has 0 aliphatic rings. The fourth-order valence-electron chi connectivity index (χ4n) is 1.38. The van der Waals surface area contributed by atoms with Gasteiger partial charge in [-0.2, -0.15) is 13.2 Å². The molecule has 0 aliphatic heterocycles. The topological polar surface area (TPSA) is 63.3 Å². The highest BCUT2D eigenvalue weighted by Gasteiger charge is 2.33. The summed E-state index contributed by atoms with van der Waals surface area (Å²) < 4.78 is 37.1. The summed E-state index contributed by atoms with van der Waals surface area (Å²) in [5.41, 5.74) is 5.49. The van der Waals surface area contributed by atoms with Crippen molar-refractivity contribution in [3.8, 4) is 0 Å². The van der Waals surface area contributed by atoms with Crippen LogP contribution in [0.3, 0.4) is 0 Å². The molecule has 0 atom stereocenters. The first-order chi connectivity index (χ1) is 9.45. The van der Waals surface area contributed by atoms with Gasteiger partial charge in [-0.1, -0.05) is 18.2 Å². The zero-order valence-electron chi connectivity index (χ0n) is 10.6. The second-order valence-electron chi connectivity index (χ2n) is 3.82. The molecule has 114 valence electrons. The Labute approximate surface area is 140 Å². The predicted molar refractivity (Wildman–Crippen MR) is 87.9 cm³/mol. The van der Waals surface area contributed by atoms with E-state index >= 15 is 0 Å². The third-order valence-corrected chi connectivity index (χ3v) is 3.11. The Kier molecular flexibility index (Phi) is 6.40. The first kappa shape index (κ1) is 17.7. The highest BCUT2D eigenvalue weighted by molar-refractivity contribution is 14.0. The van der Waals surface area contributed by atoms with Gasteiger partial charge in [0.25, 0.3) is 0 Å². The molecule has 9 heteroatoms. The van der Waals surface area contributed by atoms with E-state index in [9.17, 15) is 13.2 Å². The summed E-state index contributed by atoms with van der Waals surface area (Å²) in [6.07, 6.45) is -4.42.